The third-order valence-corrected chi connectivity index (χ3v) is 11.7. The molecule has 1 rings (SSSR count). The summed E-state index contributed by atoms with van der Waals surface area (Å²) in [5, 5.41) is 0. The second-order valence-corrected chi connectivity index (χ2v) is 11.8. The molecule has 0 aromatic heterocycles. The summed E-state index contributed by atoms with van der Waals surface area (Å²) >= 11 is 0. The molecule has 1 aliphatic rings. The Kier molecular flexibility index (Phi) is 4.54. The summed E-state index contributed by atoms with van der Waals surface area (Å²) in [7, 11) is -15.2. The summed E-state index contributed by atoms with van der Waals surface area (Å²) in [6.07, 6.45) is -0.746. The average Bonchev–Trinajstić information content (AvgIpc) is 1.93. The first-order valence-electron chi connectivity index (χ1n) is 3.77. The molecule has 2 unspecified atom stereocenters. The molecule has 0 aliphatic carbocycles. The van der Waals surface area contributed by atoms with Crippen LogP contribution in [0.4, 0.5) is 0 Å². The summed E-state index contributed by atoms with van der Waals surface area (Å²) in [6.45, 7) is 0. The zero-order valence-corrected chi connectivity index (χ0v) is 11.3. The lowest BCUT2D eigenvalue weighted by Crippen LogP contribution is -2.10. The van der Waals surface area contributed by atoms with E-state index in [0.29, 0.717) is 0 Å². The van der Waals surface area contributed by atoms with E-state index in [1.807, 2.05) is 0 Å². The van der Waals surface area contributed by atoms with Crippen LogP contribution in [-0.4, -0.2) is 37.7 Å². The Morgan fingerprint density at radius 1 is 1.12 bits per heavy atom. The van der Waals surface area contributed by atoms with E-state index in [0.717, 1.165) is 0 Å². The topological polar surface area (TPSA) is 151 Å². The number of rotatable bonds is 3. The van der Waals surface area contributed by atoms with Crippen molar-refractivity contribution in [1.29, 1.82) is 0 Å². The molecule has 13 heteroatoms. The Bertz CT molecular complexity index is 374. The highest BCUT2D eigenvalue weighted by molar-refractivity contribution is 7.88. The van der Waals surface area contributed by atoms with Gasteiger partial charge in [-0.15, -0.1) is 0 Å². The Labute approximate surface area is 91.8 Å². The Hall–Kier alpha value is 0.880. The fourth-order valence-electron chi connectivity index (χ4n) is 1.19. The molecule has 0 aromatic carbocycles. The quantitative estimate of drug-likeness (QED) is 0.555. The molecule has 96 valence electrons. The van der Waals surface area contributed by atoms with Crippen LogP contribution >= 0.6 is 30.9 Å². The molecule has 9 nitrogen and oxygen atoms in total. The maximum Gasteiger partial charge on any atom is 0.342 e. The lowest BCUT2D eigenvalue weighted by Gasteiger charge is -2.28. The molecular weight excluding hydrogens is 304 g/mol. The van der Waals surface area contributed by atoms with E-state index in [1.165, 1.54) is 0 Å². The zero-order chi connectivity index (χ0) is 12.6. The minimum atomic E-state index is -4.40. The van der Waals surface area contributed by atoms with Gasteiger partial charge in [0.25, 0.3) is 0 Å². The number of hydrogen-bond donors (Lipinski definition) is 4. The van der Waals surface area contributed by atoms with Gasteiger partial charge in [0.05, 0.1) is 0 Å². The van der Waals surface area contributed by atoms with Crippen molar-refractivity contribution in [1.82, 2.24) is 0 Å². The van der Waals surface area contributed by atoms with Crippen molar-refractivity contribution in [2.45, 2.75) is 0 Å². The standard InChI is InChI=1S/C3H10O9P4/c4-13(5)11-1-14(6)2-15(7,8)12-16(9,10)3-14/h4-5H,1-3H2,(H,7,8)(H,9,10). The van der Waals surface area contributed by atoms with E-state index in [1.54, 1.807) is 0 Å². The first kappa shape index (κ1) is 14.9. The van der Waals surface area contributed by atoms with Crippen molar-refractivity contribution in [2.24, 2.45) is 0 Å². The summed E-state index contributed by atoms with van der Waals surface area (Å²) in [4.78, 5) is 35.0. The van der Waals surface area contributed by atoms with Gasteiger partial charge in [-0.1, -0.05) is 0 Å². The molecule has 0 aromatic rings. The van der Waals surface area contributed by atoms with Gasteiger partial charge in [0.2, 0.25) is 0 Å². The van der Waals surface area contributed by atoms with Gasteiger partial charge in [-0.05, 0) is 0 Å². The van der Waals surface area contributed by atoms with Gasteiger partial charge < -0.3 is 28.7 Å². The van der Waals surface area contributed by atoms with Crippen molar-refractivity contribution < 1.29 is 42.1 Å². The SMILES string of the molecule is O=P1(COP(O)O)CP(=O)(O)OP(=O)(O)C1. The largest absolute Gasteiger partial charge is 0.342 e. The van der Waals surface area contributed by atoms with Crippen LogP contribution in [0.1, 0.15) is 0 Å². The van der Waals surface area contributed by atoms with Crippen LogP contribution < -0.4 is 0 Å². The average molecular weight is 314 g/mol. The van der Waals surface area contributed by atoms with Crippen LogP contribution in [-0.2, 0) is 22.5 Å². The van der Waals surface area contributed by atoms with Crippen LogP contribution in [0, 0.1) is 0 Å². The van der Waals surface area contributed by atoms with Crippen LogP contribution in [0.2, 0.25) is 0 Å². The molecule has 4 N–H and O–H groups in total. The first-order valence-corrected chi connectivity index (χ1v) is 10.7. The minimum absolute atomic E-state index is 0.746. The van der Waals surface area contributed by atoms with Crippen LogP contribution in [0.5, 0.6) is 0 Å². The second-order valence-electron chi connectivity index (χ2n) is 3.21. The van der Waals surface area contributed by atoms with E-state index in [4.69, 9.17) is 19.6 Å². The van der Waals surface area contributed by atoms with Crippen LogP contribution in [0.25, 0.3) is 0 Å². The fraction of sp³-hybridized carbons (Fsp3) is 1.00. The lowest BCUT2D eigenvalue weighted by atomic mass is 11.7. The molecule has 0 amide bonds. The van der Waals surface area contributed by atoms with Gasteiger partial charge in [-0.25, -0.2) is 4.31 Å². The highest BCUT2D eigenvalue weighted by atomic mass is 31.3. The highest BCUT2D eigenvalue weighted by Crippen LogP contribution is 2.77. The Morgan fingerprint density at radius 2 is 1.56 bits per heavy atom. The minimum Gasteiger partial charge on any atom is -0.328 e. The van der Waals surface area contributed by atoms with E-state index < -0.39 is 49.1 Å². The predicted octanol–water partition coefficient (Wildman–Crippen LogP) is 0.851. The van der Waals surface area contributed by atoms with Crippen LogP contribution in [0.3, 0.4) is 0 Å². The van der Waals surface area contributed by atoms with E-state index >= 15 is 0 Å². The molecule has 2 atom stereocenters. The molecule has 0 bridgehead atoms. The van der Waals surface area contributed by atoms with Crippen molar-refractivity contribution in [3.8, 4) is 0 Å². The lowest BCUT2D eigenvalue weighted by molar-refractivity contribution is 0.289. The molecular formula is C3H10O9P4. The van der Waals surface area contributed by atoms with Gasteiger partial charge in [0.1, 0.15) is 25.3 Å². The number of hydrogen-bond acceptors (Lipinski definition) is 7. The normalized spacial score (nSPS) is 44.8. The second kappa shape index (κ2) is 4.87. The molecule has 16 heavy (non-hydrogen) atoms. The smallest absolute Gasteiger partial charge is 0.328 e. The molecule has 0 spiro atoms. The summed E-state index contributed by atoms with van der Waals surface area (Å²) < 4.78 is 42.5. The Balaban J connectivity index is 2.84. The molecule has 1 saturated heterocycles. The Morgan fingerprint density at radius 3 is 1.94 bits per heavy atom. The van der Waals surface area contributed by atoms with E-state index in [9.17, 15) is 13.7 Å². The third-order valence-electron chi connectivity index (χ3n) is 1.54. The zero-order valence-electron chi connectivity index (χ0n) is 7.74. The maximum absolute atomic E-state index is 11.9. The fourth-order valence-corrected chi connectivity index (χ4v) is 12.4. The highest BCUT2D eigenvalue weighted by Gasteiger charge is 2.49. The van der Waals surface area contributed by atoms with E-state index in [2.05, 4.69) is 8.83 Å². The molecule has 1 heterocycles. The molecule has 0 radical (unpaired) electrons. The summed E-state index contributed by atoms with van der Waals surface area (Å²) in [5.74, 6) is -1.62. The van der Waals surface area contributed by atoms with E-state index in [-0.39, 0.29) is 0 Å². The summed E-state index contributed by atoms with van der Waals surface area (Å²) in [6, 6.07) is 0. The van der Waals surface area contributed by atoms with Crippen LogP contribution in [0.15, 0.2) is 0 Å². The first-order chi connectivity index (χ1) is 7.04. The van der Waals surface area contributed by atoms with Crippen molar-refractivity contribution in [2.75, 3.05) is 18.2 Å². The predicted molar refractivity (Wildman–Crippen MR) is 55.4 cm³/mol. The molecule has 1 aliphatic heterocycles. The third kappa shape index (κ3) is 4.63. The van der Waals surface area contributed by atoms with Crippen molar-refractivity contribution in [3.05, 3.63) is 0 Å². The van der Waals surface area contributed by atoms with Gasteiger partial charge in [0, 0.05) is 0 Å². The maximum atomic E-state index is 11.9. The summed E-state index contributed by atoms with van der Waals surface area (Å²) in [5.41, 5.74) is 0. The van der Waals surface area contributed by atoms with Gasteiger partial charge in [-0.2, -0.15) is 0 Å². The monoisotopic (exact) mass is 314 g/mol. The van der Waals surface area contributed by atoms with Gasteiger partial charge in [-0.3, -0.25) is 9.13 Å². The van der Waals surface area contributed by atoms with Crippen molar-refractivity contribution >= 4 is 30.9 Å². The van der Waals surface area contributed by atoms with Gasteiger partial charge in [0.15, 0.2) is 0 Å². The molecule has 1 fully saturated rings. The van der Waals surface area contributed by atoms with Gasteiger partial charge >= 0.3 is 23.8 Å². The molecule has 0 saturated carbocycles. The van der Waals surface area contributed by atoms with Crippen molar-refractivity contribution in [3.63, 3.8) is 0 Å².